The average molecular weight is 263 g/mol. The van der Waals surface area contributed by atoms with Crippen LogP contribution in [0.5, 0.6) is 0 Å². The summed E-state index contributed by atoms with van der Waals surface area (Å²) in [6.45, 7) is 0. The van der Waals surface area contributed by atoms with Crippen LogP contribution in [0.15, 0.2) is 23.1 Å². The highest BCUT2D eigenvalue weighted by molar-refractivity contribution is 5.94. The van der Waals surface area contributed by atoms with Crippen molar-refractivity contribution in [3.63, 3.8) is 0 Å². The Kier molecular flexibility index (Phi) is 4.37. The normalized spacial score (nSPS) is 23.7. The predicted molar refractivity (Wildman–Crippen MR) is 74.0 cm³/mol. The lowest BCUT2D eigenvalue weighted by Gasteiger charge is -2.22. The molecule has 0 aromatic carbocycles. The second-order valence-electron chi connectivity index (χ2n) is 5.25. The highest BCUT2D eigenvalue weighted by atomic mass is 16.2. The molecule has 1 aromatic rings. The molecule has 1 saturated carbocycles. The predicted octanol–water partition coefficient (Wildman–Crippen LogP) is 0.775. The summed E-state index contributed by atoms with van der Waals surface area (Å²) in [6.07, 6.45) is 6.85. The van der Waals surface area contributed by atoms with Gasteiger partial charge < -0.3 is 15.6 Å². The second-order valence-corrected chi connectivity index (χ2v) is 5.25. The van der Waals surface area contributed by atoms with E-state index in [2.05, 4.69) is 5.32 Å². The van der Waals surface area contributed by atoms with E-state index in [4.69, 9.17) is 5.73 Å². The minimum Gasteiger partial charge on any atom is -0.348 e. The van der Waals surface area contributed by atoms with Gasteiger partial charge in [-0.2, -0.15) is 0 Å². The van der Waals surface area contributed by atoms with Crippen LogP contribution in [0.3, 0.4) is 0 Å². The van der Waals surface area contributed by atoms with Gasteiger partial charge >= 0.3 is 0 Å². The van der Waals surface area contributed by atoms with Crippen LogP contribution in [0, 0.1) is 0 Å². The quantitative estimate of drug-likeness (QED) is 0.774. The zero-order chi connectivity index (χ0) is 13.8. The second kappa shape index (κ2) is 6.02. The molecule has 0 bridgehead atoms. The number of pyridine rings is 1. The Morgan fingerprint density at radius 2 is 2.11 bits per heavy atom. The Balaban J connectivity index is 2.07. The van der Waals surface area contributed by atoms with E-state index in [9.17, 15) is 9.59 Å². The molecule has 0 spiro atoms. The third kappa shape index (κ3) is 3.44. The van der Waals surface area contributed by atoms with Crippen molar-refractivity contribution in [3.8, 4) is 0 Å². The largest absolute Gasteiger partial charge is 0.348 e. The molecule has 19 heavy (non-hydrogen) atoms. The van der Waals surface area contributed by atoms with Crippen LogP contribution in [0.4, 0.5) is 0 Å². The first-order valence-electron chi connectivity index (χ1n) is 6.81. The third-order valence-corrected chi connectivity index (χ3v) is 3.75. The monoisotopic (exact) mass is 263 g/mol. The summed E-state index contributed by atoms with van der Waals surface area (Å²) in [4.78, 5) is 23.6. The number of amides is 1. The molecule has 5 heteroatoms. The molecule has 5 nitrogen and oxygen atoms in total. The van der Waals surface area contributed by atoms with Gasteiger partial charge in [-0.25, -0.2) is 0 Å². The minimum absolute atomic E-state index is 0.0120. The Hall–Kier alpha value is -1.62. The van der Waals surface area contributed by atoms with Crippen molar-refractivity contribution >= 4 is 5.91 Å². The summed E-state index contributed by atoms with van der Waals surface area (Å²) in [5.41, 5.74) is 6.30. The van der Waals surface area contributed by atoms with Gasteiger partial charge in [0.15, 0.2) is 0 Å². The van der Waals surface area contributed by atoms with Crippen molar-refractivity contribution in [2.45, 2.75) is 44.2 Å². The Morgan fingerprint density at radius 1 is 1.37 bits per heavy atom. The molecule has 0 saturated heterocycles. The number of nitrogens with zero attached hydrogens (tertiary/aromatic N) is 1. The number of rotatable bonds is 2. The average Bonchev–Trinajstić information content (AvgIpc) is 2.58. The van der Waals surface area contributed by atoms with Crippen molar-refractivity contribution in [2.75, 3.05) is 0 Å². The van der Waals surface area contributed by atoms with E-state index in [0.717, 1.165) is 25.7 Å². The first-order chi connectivity index (χ1) is 9.08. The number of nitrogens with two attached hydrogens (primary N) is 1. The van der Waals surface area contributed by atoms with Gasteiger partial charge in [-0.05, 0) is 18.9 Å². The topological polar surface area (TPSA) is 77.1 Å². The lowest BCUT2D eigenvalue weighted by Crippen LogP contribution is -2.47. The molecule has 3 N–H and O–H groups in total. The number of carbonyl (C=O) groups excluding carboxylic acids is 1. The summed E-state index contributed by atoms with van der Waals surface area (Å²) < 4.78 is 1.44. The van der Waals surface area contributed by atoms with Gasteiger partial charge in [0.1, 0.15) is 0 Å². The standard InChI is InChI=1S/C14H21N3O2/c1-17-8-7-10(9-13(17)18)14(19)16-12-6-4-2-3-5-11(12)15/h7-9,11-12H,2-6,15H2,1H3,(H,16,19). The van der Waals surface area contributed by atoms with Crippen molar-refractivity contribution in [3.05, 3.63) is 34.2 Å². The van der Waals surface area contributed by atoms with Gasteiger partial charge in [-0.3, -0.25) is 9.59 Å². The fourth-order valence-corrected chi connectivity index (χ4v) is 2.46. The molecule has 0 radical (unpaired) electrons. The number of hydrogen-bond acceptors (Lipinski definition) is 3. The van der Waals surface area contributed by atoms with Crippen molar-refractivity contribution < 1.29 is 4.79 Å². The van der Waals surface area contributed by atoms with Crippen LogP contribution in [0.25, 0.3) is 0 Å². The molecule has 2 rings (SSSR count). The number of aryl methyl sites for hydroxylation is 1. The Morgan fingerprint density at radius 3 is 2.84 bits per heavy atom. The van der Waals surface area contributed by atoms with Crippen molar-refractivity contribution in [2.24, 2.45) is 12.8 Å². The van der Waals surface area contributed by atoms with E-state index in [-0.39, 0.29) is 23.6 Å². The van der Waals surface area contributed by atoms with Crippen molar-refractivity contribution in [1.29, 1.82) is 0 Å². The summed E-state index contributed by atoms with van der Waals surface area (Å²) in [6, 6.07) is 3.04. The first-order valence-corrected chi connectivity index (χ1v) is 6.81. The number of carbonyl (C=O) groups is 1. The molecule has 1 aliphatic rings. The smallest absolute Gasteiger partial charge is 0.251 e. The van der Waals surface area contributed by atoms with Gasteiger partial charge in [0.05, 0.1) is 0 Å². The van der Waals surface area contributed by atoms with Crippen LogP contribution < -0.4 is 16.6 Å². The number of hydrogen-bond donors (Lipinski definition) is 2. The van der Waals surface area contributed by atoms with E-state index >= 15 is 0 Å². The number of nitrogens with one attached hydrogen (secondary N) is 1. The van der Waals surface area contributed by atoms with Crippen molar-refractivity contribution in [1.82, 2.24) is 9.88 Å². The van der Waals surface area contributed by atoms with Crippen LogP contribution in [0.1, 0.15) is 42.5 Å². The maximum atomic E-state index is 12.1. The molecule has 0 aliphatic heterocycles. The van der Waals surface area contributed by atoms with Crippen LogP contribution in [-0.2, 0) is 7.05 Å². The third-order valence-electron chi connectivity index (χ3n) is 3.75. The molecule has 1 amide bonds. The lowest BCUT2D eigenvalue weighted by atomic mass is 10.0. The molecule has 104 valence electrons. The van der Waals surface area contributed by atoms with Crippen LogP contribution >= 0.6 is 0 Å². The minimum atomic E-state index is -0.208. The molecular formula is C14H21N3O2. The maximum Gasteiger partial charge on any atom is 0.251 e. The molecule has 2 atom stereocenters. The fourth-order valence-electron chi connectivity index (χ4n) is 2.46. The van der Waals surface area contributed by atoms with E-state index in [1.54, 1.807) is 19.3 Å². The molecule has 2 unspecified atom stereocenters. The molecule has 1 heterocycles. The van der Waals surface area contributed by atoms with E-state index < -0.39 is 0 Å². The summed E-state index contributed by atoms with van der Waals surface area (Å²) >= 11 is 0. The fraction of sp³-hybridized carbons (Fsp3) is 0.571. The zero-order valence-corrected chi connectivity index (χ0v) is 11.3. The van der Waals surface area contributed by atoms with Gasteiger partial charge in [0, 0.05) is 37.0 Å². The van der Waals surface area contributed by atoms with Crippen LogP contribution in [0.2, 0.25) is 0 Å². The number of aromatic nitrogens is 1. The van der Waals surface area contributed by atoms with Gasteiger partial charge in [-0.1, -0.05) is 19.3 Å². The molecule has 1 aromatic heterocycles. The Labute approximate surface area is 112 Å². The molecule has 1 fully saturated rings. The van der Waals surface area contributed by atoms with E-state index in [1.165, 1.54) is 17.1 Å². The highest BCUT2D eigenvalue weighted by Gasteiger charge is 2.22. The van der Waals surface area contributed by atoms with Gasteiger partial charge in [-0.15, -0.1) is 0 Å². The molecule has 1 aliphatic carbocycles. The van der Waals surface area contributed by atoms with Crippen LogP contribution in [-0.4, -0.2) is 22.6 Å². The van der Waals surface area contributed by atoms with Gasteiger partial charge in [0.25, 0.3) is 11.5 Å². The lowest BCUT2D eigenvalue weighted by molar-refractivity contribution is 0.0928. The summed E-state index contributed by atoms with van der Waals surface area (Å²) in [5.74, 6) is -0.208. The maximum absolute atomic E-state index is 12.1. The summed E-state index contributed by atoms with van der Waals surface area (Å²) in [7, 11) is 1.66. The zero-order valence-electron chi connectivity index (χ0n) is 11.3. The van der Waals surface area contributed by atoms with E-state index in [0.29, 0.717) is 5.56 Å². The Bertz CT molecular complexity index is 510. The van der Waals surface area contributed by atoms with E-state index in [1.807, 2.05) is 0 Å². The van der Waals surface area contributed by atoms with Gasteiger partial charge in [0.2, 0.25) is 0 Å². The SMILES string of the molecule is Cn1ccc(C(=O)NC2CCCCCC2N)cc1=O. The summed E-state index contributed by atoms with van der Waals surface area (Å²) in [5, 5.41) is 2.96. The highest BCUT2D eigenvalue weighted by Crippen LogP contribution is 2.17. The molecular weight excluding hydrogens is 242 g/mol. The first kappa shape index (κ1) is 13.8.